The van der Waals surface area contributed by atoms with Gasteiger partial charge >= 0.3 is 5.97 Å². The maximum absolute atomic E-state index is 13.6. The molecule has 0 amide bonds. The fraction of sp³-hybridized carbons (Fsp3) is 0.417. The van der Waals surface area contributed by atoms with E-state index in [9.17, 15) is 26.4 Å². The number of rotatable bonds is 5. The Morgan fingerprint density at radius 1 is 1.29 bits per heavy atom. The highest BCUT2D eigenvalue weighted by atomic mass is 32.2. The van der Waals surface area contributed by atoms with Gasteiger partial charge in [0.25, 0.3) is 0 Å². The Labute approximate surface area is 118 Å². The Morgan fingerprint density at radius 3 is 2.33 bits per heavy atom. The molecule has 1 saturated carbocycles. The van der Waals surface area contributed by atoms with Crippen LogP contribution in [0.3, 0.4) is 0 Å². The van der Waals surface area contributed by atoms with Crippen molar-refractivity contribution in [2.45, 2.75) is 30.2 Å². The summed E-state index contributed by atoms with van der Waals surface area (Å²) < 4.78 is 65.5. The summed E-state index contributed by atoms with van der Waals surface area (Å²) in [6, 6.07) is 1.01. The number of halogens is 3. The van der Waals surface area contributed by atoms with E-state index in [2.05, 4.69) is 0 Å². The molecular formula is C12H12F3NO4S. The third-order valence-electron chi connectivity index (χ3n) is 3.47. The molecule has 116 valence electrons. The van der Waals surface area contributed by atoms with Crippen LogP contribution >= 0.6 is 0 Å². The average molecular weight is 323 g/mol. The Kier molecular flexibility index (Phi) is 3.75. The van der Waals surface area contributed by atoms with E-state index >= 15 is 0 Å². The molecule has 1 aromatic carbocycles. The Bertz CT molecular complexity index is 703. The summed E-state index contributed by atoms with van der Waals surface area (Å²) in [6.45, 7) is 1.16. The van der Waals surface area contributed by atoms with Crippen molar-refractivity contribution in [1.29, 1.82) is 0 Å². The molecule has 0 radical (unpaired) electrons. The smallest absolute Gasteiger partial charge is 0.324 e. The average Bonchev–Trinajstić information content (AvgIpc) is 3.19. The Hall–Kier alpha value is -1.61. The normalized spacial score (nSPS) is 18.3. The SMILES string of the molecule is CC(NS(=O)(=O)c1ccc(F)c(F)c1F)(C(=O)O)C1CC1. The summed E-state index contributed by atoms with van der Waals surface area (Å²) in [5.74, 6) is -7.20. The van der Waals surface area contributed by atoms with Crippen LogP contribution in [0.15, 0.2) is 17.0 Å². The van der Waals surface area contributed by atoms with Crippen molar-refractivity contribution in [3.05, 3.63) is 29.6 Å². The molecule has 0 bridgehead atoms. The number of carbonyl (C=O) groups is 1. The van der Waals surface area contributed by atoms with E-state index in [1.807, 2.05) is 4.72 Å². The molecule has 0 heterocycles. The lowest BCUT2D eigenvalue weighted by atomic mass is 9.98. The van der Waals surface area contributed by atoms with E-state index < -0.39 is 49.8 Å². The van der Waals surface area contributed by atoms with Crippen LogP contribution in [0.5, 0.6) is 0 Å². The van der Waals surface area contributed by atoms with E-state index in [4.69, 9.17) is 5.11 Å². The largest absolute Gasteiger partial charge is 0.480 e. The van der Waals surface area contributed by atoms with Crippen LogP contribution in [0, 0.1) is 23.4 Å². The van der Waals surface area contributed by atoms with Gasteiger partial charge in [0.1, 0.15) is 10.4 Å². The molecule has 5 nitrogen and oxygen atoms in total. The van der Waals surface area contributed by atoms with E-state index in [-0.39, 0.29) is 0 Å². The van der Waals surface area contributed by atoms with Crippen molar-refractivity contribution >= 4 is 16.0 Å². The molecule has 1 aromatic rings. The first-order valence-electron chi connectivity index (χ1n) is 6.00. The molecule has 0 aromatic heterocycles. The molecule has 0 spiro atoms. The van der Waals surface area contributed by atoms with Crippen LogP contribution < -0.4 is 4.72 Å². The summed E-state index contributed by atoms with van der Waals surface area (Å²) >= 11 is 0. The van der Waals surface area contributed by atoms with Crippen LogP contribution in [-0.4, -0.2) is 25.0 Å². The van der Waals surface area contributed by atoms with Gasteiger partial charge in [-0.2, -0.15) is 4.72 Å². The standard InChI is InChI=1S/C12H12F3NO4S/c1-12(11(17)18,6-2-3-6)16-21(19,20)8-5-4-7(13)9(14)10(8)15/h4-6,16H,2-3H2,1H3,(H,17,18). The lowest BCUT2D eigenvalue weighted by molar-refractivity contribution is -0.144. The van der Waals surface area contributed by atoms with Crippen molar-refractivity contribution < 1.29 is 31.5 Å². The minimum absolute atomic E-state index is 0.432. The van der Waals surface area contributed by atoms with Crippen LogP contribution in [0.2, 0.25) is 0 Å². The number of hydrogen-bond acceptors (Lipinski definition) is 3. The number of benzene rings is 1. The summed E-state index contributed by atoms with van der Waals surface area (Å²) in [6.07, 6.45) is 1.01. The van der Waals surface area contributed by atoms with Crippen LogP contribution in [0.4, 0.5) is 13.2 Å². The second kappa shape index (κ2) is 4.99. The van der Waals surface area contributed by atoms with Crippen molar-refractivity contribution in [1.82, 2.24) is 4.72 Å². The van der Waals surface area contributed by atoms with E-state index in [0.29, 0.717) is 25.0 Å². The fourth-order valence-corrected chi connectivity index (χ4v) is 3.51. The predicted molar refractivity (Wildman–Crippen MR) is 65.4 cm³/mol. The van der Waals surface area contributed by atoms with Crippen molar-refractivity contribution in [3.8, 4) is 0 Å². The van der Waals surface area contributed by atoms with Gasteiger partial charge in [-0.25, -0.2) is 21.6 Å². The molecule has 1 fully saturated rings. The number of sulfonamides is 1. The molecule has 2 rings (SSSR count). The van der Waals surface area contributed by atoms with Gasteiger partial charge in [0.15, 0.2) is 17.5 Å². The number of carboxylic acid groups (broad SMARTS) is 1. The first-order valence-corrected chi connectivity index (χ1v) is 7.49. The summed E-state index contributed by atoms with van der Waals surface area (Å²) in [5, 5.41) is 9.17. The van der Waals surface area contributed by atoms with Gasteiger partial charge < -0.3 is 5.11 Å². The monoisotopic (exact) mass is 323 g/mol. The molecule has 1 atom stereocenters. The zero-order valence-corrected chi connectivity index (χ0v) is 11.7. The molecule has 1 unspecified atom stereocenters. The second-order valence-electron chi connectivity index (χ2n) is 5.06. The van der Waals surface area contributed by atoms with E-state index in [1.54, 1.807) is 0 Å². The second-order valence-corrected chi connectivity index (χ2v) is 6.71. The van der Waals surface area contributed by atoms with Gasteiger partial charge in [0, 0.05) is 0 Å². The van der Waals surface area contributed by atoms with E-state index in [0.717, 1.165) is 6.92 Å². The lowest BCUT2D eigenvalue weighted by Crippen LogP contribution is -2.53. The van der Waals surface area contributed by atoms with Crippen LogP contribution in [0.25, 0.3) is 0 Å². The first-order chi connectivity index (χ1) is 9.59. The van der Waals surface area contributed by atoms with Gasteiger partial charge in [-0.3, -0.25) is 4.79 Å². The number of carboxylic acids is 1. The minimum atomic E-state index is -4.65. The Balaban J connectivity index is 2.43. The molecule has 9 heteroatoms. The molecule has 0 aliphatic heterocycles. The van der Waals surface area contributed by atoms with Crippen molar-refractivity contribution in [2.75, 3.05) is 0 Å². The van der Waals surface area contributed by atoms with Crippen LogP contribution in [0.1, 0.15) is 19.8 Å². The van der Waals surface area contributed by atoms with Gasteiger partial charge in [0.05, 0.1) is 0 Å². The quantitative estimate of drug-likeness (QED) is 0.807. The maximum atomic E-state index is 13.6. The van der Waals surface area contributed by atoms with Gasteiger partial charge in [-0.05, 0) is 37.8 Å². The maximum Gasteiger partial charge on any atom is 0.324 e. The number of hydrogen-bond donors (Lipinski definition) is 2. The zero-order valence-electron chi connectivity index (χ0n) is 10.9. The topological polar surface area (TPSA) is 83.5 Å². The lowest BCUT2D eigenvalue weighted by Gasteiger charge is -2.25. The highest BCUT2D eigenvalue weighted by molar-refractivity contribution is 7.89. The summed E-state index contributed by atoms with van der Waals surface area (Å²) in [5.41, 5.74) is -1.82. The molecular weight excluding hydrogens is 311 g/mol. The highest BCUT2D eigenvalue weighted by Crippen LogP contribution is 2.40. The summed E-state index contributed by atoms with van der Waals surface area (Å²) in [4.78, 5) is 10.1. The predicted octanol–water partition coefficient (Wildman–Crippen LogP) is 1.64. The third kappa shape index (κ3) is 2.75. The van der Waals surface area contributed by atoms with Gasteiger partial charge in [-0.1, -0.05) is 0 Å². The van der Waals surface area contributed by atoms with E-state index in [1.165, 1.54) is 0 Å². The molecule has 2 N–H and O–H groups in total. The molecule has 1 aliphatic carbocycles. The highest BCUT2D eigenvalue weighted by Gasteiger charge is 2.50. The van der Waals surface area contributed by atoms with Crippen LogP contribution in [-0.2, 0) is 14.8 Å². The third-order valence-corrected chi connectivity index (χ3v) is 5.06. The van der Waals surface area contributed by atoms with Crippen molar-refractivity contribution in [2.24, 2.45) is 5.92 Å². The summed E-state index contributed by atoms with van der Waals surface area (Å²) in [7, 11) is -4.65. The number of nitrogens with one attached hydrogen (secondary N) is 1. The first kappa shape index (κ1) is 15.8. The molecule has 1 aliphatic rings. The molecule has 21 heavy (non-hydrogen) atoms. The molecule has 0 saturated heterocycles. The van der Waals surface area contributed by atoms with Crippen molar-refractivity contribution in [3.63, 3.8) is 0 Å². The minimum Gasteiger partial charge on any atom is -0.480 e. The Morgan fingerprint density at radius 2 is 1.86 bits per heavy atom. The zero-order chi connectivity index (χ0) is 16.0. The fourth-order valence-electron chi connectivity index (χ4n) is 2.01. The van der Waals surface area contributed by atoms with Gasteiger partial charge in [0.2, 0.25) is 10.0 Å². The van der Waals surface area contributed by atoms with Gasteiger partial charge in [-0.15, -0.1) is 0 Å². The number of aliphatic carboxylic acids is 1.